The van der Waals surface area contributed by atoms with Crippen LogP contribution in [0.2, 0.25) is 0 Å². The van der Waals surface area contributed by atoms with E-state index in [9.17, 15) is 8.42 Å². The Morgan fingerprint density at radius 2 is 2.08 bits per heavy atom. The zero-order valence-electron chi connectivity index (χ0n) is 7.16. The van der Waals surface area contributed by atoms with Gasteiger partial charge in [0.05, 0.1) is 5.56 Å². The van der Waals surface area contributed by atoms with E-state index in [1.165, 1.54) is 0 Å². The summed E-state index contributed by atoms with van der Waals surface area (Å²) in [4.78, 5) is 0. The number of hydrogen-bond acceptors (Lipinski definition) is 5. The van der Waals surface area contributed by atoms with E-state index in [0.717, 1.165) is 17.6 Å². The molecular formula is C7H8N2O2S2. The minimum absolute atomic E-state index is 0.182. The SMILES string of the molecule is Cc1c(S(C)(=O)=O)sc(N)c1C#N. The van der Waals surface area contributed by atoms with Gasteiger partial charge in [-0.1, -0.05) is 0 Å². The highest BCUT2D eigenvalue weighted by Gasteiger charge is 2.19. The van der Waals surface area contributed by atoms with Gasteiger partial charge in [0.2, 0.25) is 0 Å². The fraction of sp³-hybridized carbons (Fsp3) is 0.286. The Labute approximate surface area is 80.5 Å². The third-order valence-corrected chi connectivity index (χ3v) is 4.63. The van der Waals surface area contributed by atoms with Crippen LogP contribution in [0.3, 0.4) is 0 Å². The number of nitrogens with two attached hydrogens (primary N) is 1. The lowest BCUT2D eigenvalue weighted by Crippen LogP contribution is -1.95. The molecule has 0 spiro atoms. The molecule has 0 atom stereocenters. The molecule has 0 aromatic carbocycles. The van der Waals surface area contributed by atoms with Crippen molar-refractivity contribution in [1.82, 2.24) is 0 Å². The largest absolute Gasteiger partial charge is 0.389 e. The summed E-state index contributed by atoms with van der Waals surface area (Å²) in [5, 5.41) is 8.92. The minimum Gasteiger partial charge on any atom is -0.389 e. The lowest BCUT2D eigenvalue weighted by atomic mass is 10.2. The van der Waals surface area contributed by atoms with Crippen molar-refractivity contribution in [2.75, 3.05) is 12.0 Å². The Morgan fingerprint density at radius 3 is 2.31 bits per heavy atom. The molecular weight excluding hydrogens is 208 g/mol. The van der Waals surface area contributed by atoms with Crippen LogP contribution in [0.25, 0.3) is 0 Å². The van der Waals surface area contributed by atoms with Crippen LogP contribution in [0, 0.1) is 18.3 Å². The summed E-state index contributed by atoms with van der Waals surface area (Å²) >= 11 is 0.940. The maximum absolute atomic E-state index is 11.2. The summed E-state index contributed by atoms with van der Waals surface area (Å²) in [5.74, 6) is 0. The van der Waals surface area contributed by atoms with Crippen molar-refractivity contribution in [3.63, 3.8) is 0 Å². The number of nitriles is 1. The normalized spacial score (nSPS) is 11.2. The molecule has 0 aliphatic carbocycles. The van der Waals surface area contributed by atoms with E-state index in [1.54, 1.807) is 6.92 Å². The van der Waals surface area contributed by atoms with Crippen LogP contribution >= 0.6 is 11.3 Å². The predicted molar refractivity (Wildman–Crippen MR) is 51.3 cm³/mol. The molecule has 0 bridgehead atoms. The van der Waals surface area contributed by atoms with Gasteiger partial charge in [-0.05, 0) is 12.5 Å². The zero-order valence-corrected chi connectivity index (χ0v) is 8.79. The summed E-state index contributed by atoms with van der Waals surface area (Å²) in [6.45, 7) is 1.59. The Balaban J connectivity index is 3.56. The molecule has 1 heterocycles. The minimum atomic E-state index is -3.26. The Hall–Kier alpha value is -1.06. The second kappa shape index (κ2) is 3.01. The standard InChI is InChI=1S/C7H8N2O2S2/c1-4-5(3-8)6(9)12-7(4)13(2,10)11/h9H2,1-2H3. The average molecular weight is 216 g/mol. The quantitative estimate of drug-likeness (QED) is 0.756. The van der Waals surface area contributed by atoms with E-state index in [2.05, 4.69) is 0 Å². The first-order valence-corrected chi connectivity index (χ1v) is 6.07. The fourth-order valence-corrected chi connectivity index (χ4v) is 3.30. The number of sulfone groups is 1. The summed E-state index contributed by atoms with van der Waals surface area (Å²) in [5.41, 5.74) is 6.20. The van der Waals surface area contributed by atoms with Crippen molar-refractivity contribution >= 4 is 26.2 Å². The molecule has 0 saturated heterocycles. The van der Waals surface area contributed by atoms with Gasteiger partial charge < -0.3 is 5.73 Å². The van der Waals surface area contributed by atoms with Crippen molar-refractivity contribution in [2.24, 2.45) is 0 Å². The van der Waals surface area contributed by atoms with Gasteiger partial charge >= 0.3 is 0 Å². The maximum atomic E-state index is 11.2. The van der Waals surface area contributed by atoms with Crippen LogP contribution in [-0.2, 0) is 9.84 Å². The van der Waals surface area contributed by atoms with Crippen molar-refractivity contribution in [1.29, 1.82) is 5.26 Å². The van der Waals surface area contributed by atoms with Gasteiger partial charge in [-0.15, -0.1) is 11.3 Å². The number of thiophene rings is 1. The first-order chi connectivity index (χ1) is 5.88. The van der Waals surface area contributed by atoms with Crippen LogP contribution in [0.4, 0.5) is 5.00 Å². The highest BCUT2D eigenvalue weighted by molar-refractivity contribution is 7.92. The van der Waals surface area contributed by atoms with Crippen molar-refractivity contribution < 1.29 is 8.42 Å². The van der Waals surface area contributed by atoms with Crippen LogP contribution in [-0.4, -0.2) is 14.7 Å². The monoisotopic (exact) mass is 216 g/mol. The first-order valence-electron chi connectivity index (χ1n) is 3.37. The summed E-state index contributed by atoms with van der Waals surface area (Å²) < 4.78 is 22.5. The number of anilines is 1. The van der Waals surface area contributed by atoms with Gasteiger partial charge in [-0.25, -0.2) is 8.42 Å². The second-order valence-electron chi connectivity index (χ2n) is 2.64. The second-order valence-corrected chi connectivity index (χ2v) is 5.90. The highest BCUT2D eigenvalue weighted by Crippen LogP contribution is 2.32. The lowest BCUT2D eigenvalue weighted by molar-refractivity contribution is 0.603. The Bertz CT molecular complexity index is 479. The van der Waals surface area contributed by atoms with Gasteiger partial charge in [-0.3, -0.25) is 0 Å². The molecule has 1 aromatic heterocycles. The molecule has 4 nitrogen and oxygen atoms in total. The van der Waals surface area contributed by atoms with E-state index < -0.39 is 9.84 Å². The summed E-state index contributed by atoms with van der Waals surface area (Å²) in [7, 11) is -3.26. The van der Waals surface area contributed by atoms with E-state index in [-0.39, 0.29) is 14.8 Å². The molecule has 13 heavy (non-hydrogen) atoms. The lowest BCUT2D eigenvalue weighted by Gasteiger charge is -1.93. The predicted octanol–water partition coefficient (Wildman–Crippen LogP) is 0.914. The van der Waals surface area contributed by atoms with Crippen molar-refractivity contribution in [3.8, 4) is 6.07 Å². The molecule has 0 fully saturated rings. The van der Waals surface area contributed by atoms with Gasteiger partial charge in [0, 0.05) is 6.26 Å². The fourth-order valence-electron chi connectivity index (χ4n) is 1.01. The maximum Gasteiger partial charge on any atom is 0.185 e. The van der Waals surface area contributed by atoms with Gasteiger partial charge in [0.25, 0.3) is 0 Å². The number of nitrogen functional groups attached to an aromatic ring is 1. The molecule has 0 aliphatic heterocycles. The molecule has 1 rings (SSSR count). The molecule has 0 amide bonds. The smallest absolute Gasteiger partial charge is 0.185 e. The first kappa shape index (κ1) is 10.0. The van der Waals surface area contributed by atoms with Crippen LogP contribution in [0.5, 0.6) is 0 Å². The molecule has 2 N–H and O–H groups in total. The van der Waals surface area contributed by atoms with Crippen molar-refractivity contribution in [2.45, 2.75) is 11.1 Å². The highest BCUT2D eigenvalue weighted by atomic mass is 32.2. The van der Waals surface area contributed by atoms with E-state index >= 15 is 0 Å². The molecule has 70 valence electrons. The van der Waals surface area contributed by atoms with Crippen LogP contribution < -0.4 is 5.73 Å². The molecule has 0 radical (unpaired) electrons. The van der Waals surface area contributed by atoms with Crippen LogP contribution in [0.1, 0.15) is 11.1 Å². The number of rotatable bonds is 1. The van der Waals surface area contributed by atoms with Gasteiger partial charge in [0.1, 0.15) is 15.3 Å². The number of nitrogens with zero attached hydrogens (tertiary/aromatic N) is 1. The van der Waals surface area contributed by atoms with Crippen LogP contribution in [0.15, 0.2) is 4.21 Å². The Morgan fingerprint density at radius 1 is 1.54 bits per heavy atom. The van der Waals surface area contributed by atoms with Crippen molar-refractivity contribution in [3.05, 3.63) is 11.1 Å². The number of hydrogen-bond donors (Lipinski definition) is 1. The molecule has 0 saturated carbocycles. The van der Waals surface area contributed by atoms with E-state index in [1.807, 2.05) is 6.07 Å². The third kappa shape index (κ3) is 1.66. The zero-order chi connectivity index (χ0) is 10.2. The topological polar surface area (TPSA) is 83.9 Å². The average Bonchev–Trinajstić information content (AvgIpc) is 2.25. The van der Waals surface area contributed by atoms with E-state index in [0.29, 0.717) is 5.56 Å². The van der Waals surface area contributed by atoms with Gasteiger partial charge in [0.15, 0.2) is 9.84 Å². The van der Waals surface area contributed by atoms with E-state index in [4.69, 9.17) is 11.0 Å². The Kier molecular flexibility index (Phi) is 2.32. The molecule has 6 heteroatoms. The summed E-state index contributed by atoms with van der Waals surface area (Å²) in [6.07, 6.45) is 1.10. The third-order valence-electron chi connectivity index (χ3n) is 1.58. The molecule has 0 aliphatic rings. The summed E-state index contributed by atoms with van der Waals surface area (Å²) in [6, 6.07) is 1.88. The van der Waals surface area contributed by atoms with Gasteiger partial charge in [-0.2, -0.15) is 5.26 Å². The molecule has 1 aromatic rings. The molecule has 0 unspecified atom stereocenters.